The highest BCUT2D eigenvalue weighted by Crippen LogP contribution is 2.16. The Hall–Kier alpha value is -0.0600. The van der Waals surface area contributed by atoms with Gasteiger partial charge in [-0.15, -0.1) is 0 Å². The van der Waals surface area contributed by atoms with Gasteiger partial charge >= 0.3 is 5.97 Å². The third-order valence-electron chi connectivity index (χ3n) is 0.724. The topological polar surface area (TPSA) is 26.3 Å². The summed E-state index contributed by atoms with van der Waals surface area (Å²) in [5.41, 5.74) is 0. The van der Waals surface area contributed by atoms with Gasteiger partial charge in [-0.2, -0.15) is 0 Å². The van der Waals surface area contributed by atoms with Crippen molar-refractivity contribution in [2.75, 3.05) is 6.61 Å². The van der Waals surface area contributed by atoms with E-state index in [0.717, 1.165) is 0 Å². The number of carbonyl (C=O) groups is 1. The number of hydrogen-bond acceptors (Lipinski definition) is 2. The van der Waals surface area contributed by atoms with E-state index in [9.17, 15) is 4.79 Å². The molecule has 0 aliphatic rings. The van der Waals surface area contributed by atoms with Crippen LogP contribution in [0.4, 0.5) is 0 Å². The van der Waals surface area contributed by atoms with Crippen LogP contribution >= 0.6 is 22.6 Å². The zero-order chi connectivity index (χ0) is 8.20. The van der Waals surface area contributed by atoms with E-state index in [2.05, 4.69) is 29.2 Å². The fraction of sp³-hybridized carbons (Fsp3) is 0.571. The summed E-state index contributed by atoms with van der Waals surface area (Å²) >= 11 is 2.21. The van der Waals surface area contributed by atoms with Gasteiger partial charge in [0, 0.05) is 6.08 Å². The minimum Gasteiger partial charge on any atom is -0.461 e. The minimum atomic E-state index is -0.357. The standard InChI is InChI=1S/C7H11IO2/c1-4-6(9)10-5-7(2,3)8/h4H,1,5H2,2-3H3. The molecule has 0 aromatic heterocycles. The molecule has 0 amide bonds. The molecule has 0 rings (SSSR count). The third-order valence-corrected chi connectivity index (χ3v) is 1.04. The summed E-state index contributed by atoms with van der Waals surface area (Å²) in [5.74, 6) is -0.357. The third kappa shape index (κ3) is 6.07. The van der Waals surface area contributed by atoms with Crippen molar-refractivity contribution in [3.8, 4) is 0 Å². The van der Waals surface area contributed by atoms with Gasteiger partial charge in [0.25, 0.3) is 0 Å². The normalized spacial score (nSPS) is 10.7. The number of carbonyl (C=O) groups excluding carboxylic acids is 1. The Morgan fingerprint density at radius 3 is 2.60 bits per heavy atom. The minimum absolute atomic E-state index is 0.0103. The van der Waals surface area contributed by atoms with Crippen LogP contribution in [0.2, 0.25) is 0 Å². The fourth-order valence-corrected chi connectivity index (χ4v) is 0.457. The first-order chi connectivity index (χ1) is 4.45. The summed E-state index contributed by atoms with van der Waals surface area (Å²) < 4.78 is 4.80. The van der Waals surface area contributed by atoms with Crippen molar-refractivity contribution in [3.63, 3.8) is 0 Å². The smallest absolute Gasteiger partial charge is 0.330 e. The lowest BCUT2D eigenvalue weighted by Crippen LogP contribution is -2.20. The van der Waals surface area contributed by atoms with Crippen LogP contribution in [-0.2, 0) is 9.53 Å². The maximum atomic E-state index is 10.5. The summed E-state index contributed by atoms with van der Waals surface area (Å²) in [7, 11) is 0. The Bertz CT molecular complexity index is 135. The number of alkyl halides is 1. The SMILES string of the molecule is C=CC(=O)OCC(C)(C)I. The summed E-state index contributed by atoms with van der Waals surface area (Å²) in [6.45, 7) is 7.69. The molecule has 0 atom stereocenters. The van der Waals surface area contributed by atoms with Gasteiger partial charge in [0.05, 0.1) is 3.42 Å². The predicted molar refractivity (Wildman–Crippen MR) is 49.3 cm³/mol. The first kappa shape index (κ1) is 9.94. The molecular formula is C7H11IO2. The maximum absolute atomic E-state index is 10.5. The van der Waals surface area contributed by atoms with Gasteiger partial charge in [0.1, 0.15) is 6.61 Å². The monoisotopic (exact) mass is 254 g/mol. The number of ether oxygens (including phenoxy) is 1. The van der Waals surface area contributed by atoms with E-state index in [1.165, 1.54) is 6.08 Å². The average molecular weight is 254 g/mol. The zero-order valence-electron chi connectivity index (χ0n) is 6.19. The molecule has 0 unspecified atom stereocenters. The predicted octanol–water partition coefficient (Wildman–Crippen LogP) is 1.93. The molecule has 0 aromatic carbocycles. The molecule has 0 aliphatic carbocycles. The molecule has 58 valence electrons. The van der Waals surface area contributed by atoms with Crippen LogP contribution in [0.15, 0.2) is 12.7 Å². The first-order valence-corrected chi connectivity index (χ1v) is 4.02. The van der Waals surface area contributed by atoms with Gasteiger partial charge in [-0.1, -0.05) is 29.2 Å². The van der Waals surface area contributed by atoms with Gasteiger partial charge in [-0.3, -0.25) is 0 Å². The van der Waals surface area contributed by atoms with E-state index in [4.69, 9.17) is 4.74 Å². The van der Waals surface area contributed by atoms with Gasteiger partial charge in [0.2, 0.25) is 0 Å². The summed E-state index contributed by atoms with van der Waals surface area (Å²) in [6, 6.07) is 0. The van der Waals surface area contributed by atoms with Crippen LogP contribution in [-0.4, -0.2) is 16.0 Å². The fourth-order valence-electron chi connectivity index (χ4n) is 0.302. The van der Waals surface area contributed by atoms with Crippen molar-refractivity contribution < 1.29 is 9.53 Å². The van der Waals surface area contributed by atoms with Crippen molar-refractivity contribution >= 4 is 28.6 Å². The Morgan fingerprint density at radius 1 is 1.80 bits per heavy atom. The van der Waals surface area contributed by atoms with Gasteiger partial charge in [0.15, 0.2) is 0 Å². The largest absolute Gasteiger partial charge is 0.461 e. The molecule has 0 saturated carbocycles. The second-order valence-electron chi connectivity index (χ2n) is 2.53. The van der Waals surface area contributed by atoms with E-state index in [1.54, 1.807) is 0 Å². The molecule has 0 spiro atoms. The lowest BCUT2D eigenvalue weighted by atomic mass is 10.2. The van der Waals surface area contributed by atoms with Crippen LogP contribution in [0, 0.1) is 0 Å². The van der Waals surface area contributed by atoms with Crippen molar-refractivity contribution in [1.29, 1.82) is 0 Å². The number of halogens is 1. The second-order valence-corrected chi connectivity index (χ2v) is 5.45. The van der Waals surface area contributed by atoms with Crippen molar-refractivity contribution in [2.24, 2.45) is 0 Å². The highest BCUT2D eigenvalue weighted by atomic mass is 127. The van der Waals surface area contributed by atoms with E-state index < -0.39 is 0 Å². The van der Waals surface area contributed by atoms with Crippen molar-refractivity contribution in [1.82, 2.24) is 0 Å². The number of hydrogen-bond donors (Lipinski definition) is 0. The van der Waals surface area contributed by atoms with Crippen LogP contribution in [0.5, 0.6) is 0 Å². The maximum Gasteiger partial charge on any atom is 0.330 e. The zero-order valence-corrected chi connectivity index (χ0v) is 8.34. The molecule has 10 heavy (non-hydrogen) atoms. The molecule has 0 aliphatic heterocycles. The average Bonchev–Trinajstić information content (AvgIpc) is 1.81. The molecule has 0 bridgehead atoms. The van der Waals surface area contributed by atoms with E-state index in [1.807, 2.05) is 13.8 Å². The van der Waals surface area contributed by atoms with E-state index in [-0.39, 0.29) is 9.39 Å². The highest BCUT2D eigenvalue weighted by molar-refractivity contribution is 14.1. The van der Waals surface area contributed by atoms with Gasteiger partial charge in [-0.05, 0) is 13.8 Å². The Kier molecular flexibility index (Phi) is 3.93. The Morgan fingerprint density at radius 2 is 2.30 bits per heavy atom. The molecule has 0 fully saturated rings. The number of esters is 1. The van der Waals surface area contributed by atoms with E-state index in [0.29, 0.717) is 6.61 Å². The summed E-state index contributed by atoms with van der Waals surface area (Å²) in [5, 5.41) is 0. The highest BCUT2D eigenvalue weighted by Gasteiger charge is 2.13. The Balaban J connectivity index is 3.55. The number of rotatable bonds is 3. The van der Waals surface area contributed by atoms with Crippen molar-refractivity contribution in [3.05, 3.63) is 12.7 Å². The van der Waals surface area contributed by atoms with Crippen LogP contribution in [0.3, 0.4) is 0 Å². The van der Waals surface area contributed by atoms with Crippen LogP contribution in [0.25, 0.3) is 0 Å². The van der Waals surface area contributed by atoms with E-state index >= 15 is 0 Å². The summed E-state index contributed by atoms with van der Waals surface area (Å²) in [6.07, 6.45) is 1.17. The first-order valence-electron chi connectivity index (χ1n) is 2.94. The molecule has 0 saturated heterocycles. The quantitative estimate of drug-likeness (QED) is 0.333. The molecule has 0 aromatic rings. The second kappa shape index (κ2) is 3.95. The molecule has 0 N–H and O–H groups in total. The lowest BCUT2D eigenvalue weighted by molar-refractivity contribution is -0.138. The summed E-state index contributed by atoms with van der Waals surface area (Å²) in [4.78, 5) is 10.5. The molecule has 2 nitrogen and oxygen atoms in total. The Labute approximate surface area is 74.8 Å². The molecule has 3 heteroatoms. The van der Waals surface area contributed by atoms with Crippen molar-refractivity contribution in [2.45, 2.75) is 17.3 Å². The lowest BCUT2D eigenvalue weighted by Gasteiger charge is -2.14. The molecule has 0 heterocycles. The van der Waals surface area contributed by atoms with Gasteiger partial charge < -0.3 is 4.74 Å². The van der Waals surface area contributed by atoms with Crippen LogP contribution in [0.1, 0.15) is 13.8 Å². The van der Waals surface area contributed by atoms with Crippen LogP contribution < -0.4 is 0 Å². The molecular weight excluding hydrogens is 243 g/mol. The van der Waals surface area contributed by atoms with Gasteiger partial charge in [-0.25, -0.2) is 4.79 Å². The molecule has 0 radical (unpaired) electrons.